The van der Waals surface area contributed by atoms with E-state index in [2.05, 4.69) is 15.0 Å². The largest absolute Gasteiger partial charge is 0.394 e. The van der Waals surface area contributed by atoms with Crippen LogP contribution in [0.25, 0.3) is 11.2 Å². The number of aliphatic hydroxyl groups excluding tert-OH is 2. The fraction of sp³-hybridized carbons (Fsp3) is 0.615. The molecule has 3 rings (SSSR count). The third-order valence-corrected chi connectivity index (χ3v) is 3.95. The first-order chi connectivity index (χ1) is 10.0. The number of hydrogen-bond acceptors (Lipinski definition) is 7. The van der Waals surface area contributed by atoms with Crippen LogP contribution in [0.2, 0.25) is 0 Å². The molecule has 0 saturated carbocycles. The highest BCUT2D eigenvalue weighted by Gasteiger charge is 2.42. The summed E-state index contributed by atoms with van der Waals surface area (Å²) in [6.45, 7) is 1.73. The van der Waals surface area contributed by atoms with E-state index in [1.165, 1.54) is 6.33 Å². The number of aromatic nitrogens is 4. The molecule has 0 spiro atoms. The van der Waals surface area contributed by atoms with Crippen LogP contribution in [-0.4, -0.2) is 62.6 Å². The first-order valence-corrected chi connectivity index (χ1v) is 6.83. The van der Waals surface area contributed by atoms with Gasteiger partial charge in [-0.1, -0.05) is 6.92 Å². The van der Waals surface area contributed by atoms with E-state index >= 15 is 0 Å². The molecule has 3 heterocycles. The first kappa shape index (κ1) is 14.2. The molecule has 0 unspecified atom stereocenters. The molecule has 1 fully saturated rings. The average Bonchev–Trinajstić information content (AvgIpc) is 3.01. The summed E-state index contributed by atoms with van der Waals surface area (Å²) in [6, 6.07) is 0. The molecule has 2 aromatic heterocycles. The van der Waals surface area contributed by atoms with Crippen LogP contribution >= 0.6 is 0 Å². The Balaban J connectivity index is 2.04. The lowest BCUT2D eigenvalue weighted by molar-refractivity contribution is -0.0491. The maximum absolute atomic E-state index is 10.3. The fourth-order valence-corrected chi connectivity index (χ4v) is 2.66. The number of anilines is 1. The van der Waals surface area contributed by atoms with E-state index in [0.29, 0.717) is 17.0 Å². The molecule has 114 valence electrons. The van der Waals surface area contributed by atoms with Gasteiger partial charge in [0.25, 0.3) is 0 Å². The Labute approximate surface area is 122 Å². The van der Waals surface area contributed by atoms with Crippen molar-refractivity contribution < 1.29 is 14.9 Å². The predicted molar refractivity (Wildman–Crippen MR) is 75.8 cm³/mol. The Kier molecular flexibility index (Phi) is 3.52. The van der Waals surface area contributed by atoms with Crippen LogP contribution in [0.3, 0.4) is 0 Å². The highest BCUT2D eigenvalue weighted by molar-refractivity contribution is 5.83. The summed E-state index contributed by atoms with van der Waals surface area (Å²) in [4.78, 5) is 14.6. The smallest absolute Gasteiger partial charge is 0.167 e. The van der Waals surface area contributed by atoms with E-state index in [-0.39, 0.29) is 12.5 Å². The topological polar surface area (TPSA) is 96.5 Å². The summed E-state index contributed by atoms with van der Waals surface area (Å²) in [5.74, 6) is 0.547. The summed E-state index contributed by atoms with van der Waals surface area (Å²) in [5, 5.41) is 19.6. The van der Waals surface area contributed by atoms with Crippen molar-refractivity contribution in [2.45, 2.75) is 25.4 Å². The Morgan fingerprint density at radius 3 is 2.71 bits per heavy atom. The van der Waals surface area contributed by atoms with Crippen LogP contribution in [0.1, 0.15) is 13.2 Å². The molecule has 0 aliphatic carbocycles. The zero-order valence-corrected chi connectivity index (χ0v) is 12.2. The van der Waals surface area contributed by atoms with Gasteiger partial charge in [0.1, 0.15) is 12.4 Å². The second-order valence-corrected chi connectivity index (χ2v) is 5.51. The highest BCUT2D eigenvalue weighted by Crippen LogP contribution is 2.35. The summed E-state index contributed by atoms with van der Waals surface area (Å²) < 4.78 is 7.43. The van der Waals surface area contributed by atoms with Gasteiger partial charge in [-0.15, -0.1) is 0 Å². The minimum absolute atomic E-state index is 0.126. The van der Waals surface area contributed by atoms with E-state index in [1.807, 2.05) is 25.9 Å². The molecule has 21 heavy (non-hydrogen) atoms. The minimum atomic E-state index is -0.725. The maximum Gasteiger partial charge on any atom is 0.167 e. The monoisotopic (exact) mass is 293 g/mol. The number of rotatable bonds is 3. The summed E-state index contributed by atoms with van der Waals surface area (Å²) in [5.41, 5.74) is 1.25. The Bertz CT molecular complexity index is 644. The van der Waals surface area contributed by atoms with E-state index < -0.39 is 18.4 Å². The van der Waals surface area contributed by atoms with Crippen molar-refractivity contribution >= 4 is 17.0 Å². The number of ether oxygens (including phenoxy) is 1. The van der Waals surface area contributed by atoms with Gasteiger partial charge in [-0.3, -0.25) is 4.57 Å². The minimum Gasteiger partial charge on any atom is -0.394 e. The second-order valence-electron chi connectivity index (χ2n) is 5.51. The number of fused-ring (bicyclic) bond motifs is 1. The second kappa shape index (κ2) is 5.21. The molecule has 1 saturated heterocycles. The van der Waals surface area contributed by atoms with Gasteiger partial charge in [0, 0.05) is 20.0 Å². The van der Waals surface area contributed by atoms with Crippen LogP contribution in [0.5, 0.6) is 0 Å². The number of imidazole rings is 1. The molecule has 8 heteroatoms. The van der Waals surface area contributed by atoms with Gasteiger partial charge in [-0.25, -0.2) is 15.0 Å². The van der Waals surface area contributed by atoms with Crippen molar-refractivity contribution in [3.63, 3.8) is 0 Å². The van der Waals surface area contributed by atoms with Crippen molar-refractivity contribution in [3.8, 4) is 0 Å². The average molecular weight is 293 g/mol. The summed E-state index contributed by atoms with van der Waals surface area (Å²) in [7, 11) is 3.76. The molecule has 0 bridgehead atoms. The zero-order valence-electron chi connectivity index (χ0n) is 12.2. The molecule has 8 nitrogen and oxygen atoms in total. The van der Waals surface area contributed by atoms with Gasteiger partial charge >= 0.3 is 0 Å². The van der Waals surface area contributed by atoms with Gasteiger partial charge in [0.05, 0.1) is 19.0 Å². The van der Waals surface area contributed by atoms with Crippen molar-refractivity contribution in [1.82, 2.24) is 19.5 Å². The van der Waals surface area contributed by atoms with Gasteiger partial charge in [0.15, 0.2) is 23.2 Å². The number of aliphatic hydroxyl groups is 2. The molecule has 1 aliphatic heterocycles. The van der Waals surface area contributed by atoms with Crippen LogP contribution in [-0.2, 0) is 4.74 Å². The molecular formula is C13H19N5O3. The van der Waals surface area contributed by atoms with Crippen molar-refractivity contribution in [3.05, 3.63) is 12.7 Å². The molecule has 0 aromatic carbocycles. The van der Waals surface area contributed by atoms with Crippen molar-refractivity contribution in [1.29, 1.82) is 0 Å². The van der Waals surface area contributed by atoms with Crippen molar-refractivity contribution in [2.75, 3.05) is 25.6 Å². The normalized spacial score (nSPS) is 29.2. The third kappa shape index (κ3) is 2.15. The molecular weight excluding hydrogens is 274 g/mol. The zero-order chi connectivity index (χ0) is 15.1. The van der Waals surface area contributed by atoms with E-state index in [4.69, 9.17) is 4.74 Å². The number of hydrogen-bond donors (Lipinski definition) is 2. The predicted octanol–water partition coefficient (Wildman–Crippen LogP) is -0.221. The molecule has 4 atom stereocenters. The van der Waals surface area contributed by atoms with Crippen molar-refractivity contribution in [2.24, 2.45) is 5.92 Å². The van der Waals surface area contributed by atoms with Crippen LogP contribution in [0, 0.1) is 5.92 Å². The summed E-state index contributed by atoms with van der Waals surface area (Å²) >= 11 is 0. The quantitative estimate of drug-likeness (QED) is 0.807. The third-order valence-electron chi connectivity index (χ3n) is 3.95. The number of nitrogens with zero attached hydrogens (tertiary/aromatic N) is 5. The van der Waals surface area contributed by atoms with E-state index in [9.17, 15) is 10.2 Å². The SMILES string of the molecule is C[C@H]1[C@@H](O)[C@H](n2cnc3c(N(C)C)ncnc32)O[C@@H]1CO. The molecule has 1 aliphatic rings. The molecule has 0 radical (unpaired) electrons. The van der Waals surface area contributed by atoms with Crippen LogP contribution < -0.4 is 4.90 Å². The van der Waals surface area contributed by atoms with Gasteiger partial charge < -0.3 is 19.8 Å². The molecule has 2 N–H and O–H groups in total. The van der Waals surface area contributed by atoms with Crippen LogP contribution in [0.4, 0.5) is 5.82 Å². The lowest BCUT2D eigenvalue weighted by Crippen LogP contribution is -2.25. The fourth-order valence-electron chi connectivity index (χ4n) is 2.66. The van der Waals surface area contributed by atoms with Gasteiger partial charge in [-0.05, 0) is 0 Å². The standard InChI is InChI=1S/C13H19N5O3/c1-7-8(4-19)21-13(10(7)20)18-6-16-9-11(17(2)3)14-5-15-12(9)18/h5-8,10,13,19-20H,4H2,1-3H3/t7-,8-,10-,13-/m1/s1. The molecule has 0 amide bonds. The summed E-state index contributed by atoms with van der Waals surface area (Å²) in [6.07, 6.45) is 1.33. The van der Waals surface area contributed by atoms with E-state index in [0.717, 1.165) is 0 Å². The lowest BCUT2D eigenvalue weighted by atomic mass is 10.0. The Hall–Kier alpha value is -1.77. The van der Waals surface area contributed by atoms with Crippen LogP contribution in [0.15, 0.2) is 12.7 Å². The first-order valence-electron chi connectivity index (χ1n) is 6.83. The highest BCUT2D eigenvalue weighted by atomic mass is 16.5. The molecule has 2 aromatic rings. The van der Waals surface area contributed by atoms with E-state index in [1.54, 1.807) is 10.9 Å². The lowest BCUT2D eigenvalue weighted by Gasteiger charge is -2.17. The Morgan fingerprint density at radius 2 is 2.10 bits per heavy atom. The Morgan fingerprint density at radius 1 is 1.33 bits per heavy atom. The van der Waals surface area contributed by atoms with Gasteiger partial charge in [-0.2, -0.15) is 0 Å². The van der Waals surface area contributed by atoms with Gasteiger partial charge in [0.2, 0.25) is 0 Å². The maximum atomic E-state index is 10.3.